The number of halogens is 2. The Bertz CT molecular complexity index is 1710. The van der Waals surface area contributed by atoms with E-state index in [4.69, 9.17) is 16.6 Å². The van der Waals surface area contributed by atoms with E-state index in [1.54, 1.807) is 37.4 Å². The van der Waals surface area contributed by atoms with Crippen molar-refractivity contribution >= 4 is 34.5 Å². The molecule has 9 nitrogen and oxygen atoms in total. The minimum Gasteiger partial charge on any atom is -0.465 e. The molecule has 1 N–H and O–H groups in total. The van der Waals surface area contributed by atoms with Crippen LogP contribution in [-0.4, -0.2) is 61.3 Å². The lowest BCUT2D eigenvalue weighted by molar-refractivity contribution is 0.136. The Balaban J connectivity index is 1.85. The fourth-order valence-electron chi connectivity index (χ4n) is 5.28. The van der Waals surface area contributed by atoms with E-state index >= 15 is 4.39 Å². The van der Waals surface area contributed by atoms with E-state index in [1.807, 2.05) is 38.7 Å². The highest BCUT2D eigenvalue weighted by Gasteiger charge is 2.31. The summed E-state index contributed by atoms with van der Waals surface area (Å²) in [5.41, 5.74) is 2.64. The van der Waals surface area contributed by atoms with E-state index in [0.717, 1.165) is 5.56 Å². The Morgan fingerprint density at radius 2 is 1.90 bits per heavy atom. The van der Waals surface area contributed by atoms with E-state index in [-0.39, 0.29) is 47.0 Å². The lowest BCUT2D eigenvalue weighted by Crippen LogP contribution is -2.54. The first kappa shape index (κ1) is 27.5. The van der Waals surface area contributed by atoms with Gasteiger partial charge in [0.15, 0.2) is 5.65 Å². The van der Waals surface area contributed by atoms with Crippen LogP contribution in [0.15, 0.2) is 41.3 Å². The minimum absolute atomic E-state index is 0.0124. The number of carbonyl (C=O) groups is 1. The number of rotatable bonds is 4. The van der Waals surface area contributed by atoms with Crippen molar-refractivity contribution in [1.29, 1.82) is 0 Å². The standard InChI is InChI=1S/C29H30ClFN6O3/c1-15(2)23-25(17(4)9-10-32-23)37-27-20(13-21(30)24(33-27)19-8-6-7-16(3)22(19)31)26(34-28(37)38)36-12-11-35(29(39)40)14-18(36)5/h6-10,13,15,18H,11-12,14H2,1-5H3,(H,39,40). The summed E-state index contributed by atoms with van der Waals surface area (Å²) in [4.78, 5) is 42.6. The van der Waals surface area contributed by atoms with Crippen LogP contribution < -0.4 is 10.6 Å². The number of fused-ring (bicyclic) bond motifs is 1. The third kappa shape index (κ3) is 4.66. The van der Waals surface area contributed by atoms with Gasteiger partial charge < -0.3 is 14.9 Å². The molecular weight excluding hydrogens is 535 g/mol. The van der Waals surface area contributed by atoms with Crippen LogP contribution in [0.1, 0.15) is 43.5 Å². The Hall–Kier alpha value is -4.05. The summed E-state index contributed by atoms with van der Waals surface area (Å²) < 4.78 is 16.7. The molecule has 1 aliphatic heterocycles. The molecule has 1 atom stereocenters. The molecule has 1 aromatic carbocycles. The van der Waals surface area contributed by atoms with Gasteiger partial charge in [0.2, 0.25) is 0 Å². The average Bonchev–Trinajstić information content (AvgIpc) is 2.90. The lowest BCUT2D eigenvalue weighted by Gasteiger charge is -2.39. The maximum absolute atomic E-state index is 15.3. The molecule has 0 spiro atoms. The van der Waals surface area contributed by atoms with Crippen molar-refractivity contribution in [2.24, 2.45) is 0 Å². The summed E-state index contributed by atoms with van der Waals surface area (Å²) in [6.07, 6.45) is 0.701. The quantitative estimate of drug-likeness (QED) is 0.346. The zero-order valence-corrected chi connectivity index (χ0v) is 23.7. The van der Waals surface area contributed by atoms with Crippen molar-refractivity contribution in [3.8, 4) is 16.9 Å². The van der Waals surface area contributed by atoms with Crippen LogP contribution in [0.5, 0.6) is 0 Å². The molecule has 0 radical (unpaired) electrons. The molecule has 0 aliphatic carbocycles. The minimum atomic E-state index is -0.998. The van der Waals surface area contributed by atoms with Gasteiger partial charge in [0.25, 0.3) is 0 Å². The summed E-state index contributed by atoms with van der Waals surface area (Å²) >= 11 is 6.76. The van der Waals surface area contributed by atoms with Gasteiger partial charge in [0.05, 0.1) is 27.5 Å². The highest BCUT2D eigenvalue weighted by atomic mass is 35.5. The molecule has 40 heavy (non-hydrogen) atoms. The number of aromatic nitrogens is 4. The normalized spacial score (nSPS) is 15.8. The highest BCUT2D eigenvalue weighted by molar-refractivity contribution is 6.33. The number of piperazine rings is 1. The third-order valence-corrected chi connectivity index (χ3v) is 7.63. The van der Waals surface area contributed by atoms with E-state index < -0.39 is 17.6 Å². The maximum atomic E-state index is 15.3. The summed E-state index contributed by atoms with van der Waals surface area (Å²) in [5.74, 6) is -0.105. The molecule has 208 valence electrons. The predicted molar refractivity (Wildman–Crippen MR) is 153 cm³/mol. The molecule has 3 aromatic heterocycles. The van der Waals surface area contributed by atoms with Crippen molar-refractivity contribution in [1.82, 2.24) is 24.4 Å². The molecule has 5 rings (SSSR count). The second-order valence-electron chi connectivity index (χ2n) is 10.5. The van der Waals surface area contributed by atoms with Gasteiger partial charge in [-0.05, 0) is 56.0 Å². The van der Waals surface area contributed by atoms with Gasteiger partial charge in [-0.3, -0.25) is 4.98 Å². The molecule has 0 saturated carbocycles. The van der Waals surface area contributed by atoms with Gasteiger partial charge in [-0.25, -0.2) is 23.5 Å². The first-order valence-electron chi connectivity index (χ1n) is 13.1. The van der Waals surface area contributed by atoms with Crippen molar-refractivity contribution in [2.75, 3.05) is 24.5 Å². The summed E-state index contributed by atoms with van der Waals surface area (Å²) in [6, 6.07) is 8.21. The molecule has 1 aliphatic rings. The second kappa shape index (κ2) is 10.5. The van der Waals surface area contributed by atoms with Crippen molar-refractivity contribution in [3.05, 3.63) is 74.7 Å². The average molecular weight is 565 g/mol. The van der Waals surface area contributed by atoms with Crippen molar-refractivity contribution in [2.45, 2.75) is 46.6 Å². The molecule has 0 bridgehead atoms. The zero-order chi connectivity index (χ0) is 28.9. The van der Waals surface area contributed by atoms with Crippen LogP contribution >= 0.6 is 11.6 Å². The number of anilines is 1. The summed E-state index contributed by atoms with van der Waals surface area (Å²) in [6.45, 7) is 10.2. The molecule has 1 amide bonds. The Kier molecular flexibility index (Phi) is 7.22. The van der Waals surface area contributed by atoms with Crippen LogP contribution in [-0.2, 0) is 0 Å². The molecule has 11 heteroatoms. The van der Waals surface area contributed by atoms with Crippen LogP contribution in [0.4, 0.5) is 15.0 Å². The first-order valence-corrected chi connectivity index (χ1v) is 13.5. The van der Waals surface area contributed by atoms with Crippen LogP contribution in [0.3, 0.4) is 0 Å². The van der Waals surface area contributed by atoms with Gasteiger partial charge >= 0.3 is 11.8 Å². The molecule has 1 saturated heterocycles. The fourth-order valence-corrected chi connectivity index (χ4v) is 5.53. The lowest BCUT2D eigenvalue weighted by atomic mass is 10.0. The van der Waals surface area contributed by atoms with E-state index in [0.29, 0.717) is 34.7 Å². The monoisotopic (exact) mass is 564 g/mol. The van der Waals surface area contributed by atoms with E-state index in [9.17, 15) is 14.7 Å². The zero-order valence-electron chi connectivity index (χ0n) is 22.9. The van der Waals surface area contributed by atoms with Crippen LogP contribution in [0.2, 0.25) is 5.02 Å². The first-order chi connectivity index (χ1) is 19.0. The van der Waals surface area contributed by atoms with Crippen LogP contribution in [0.25, 0.3) is 28.0 Å². The third-order valence-electron chi connectivity index (χ3n) is 7.34. The smallest absolute Gasteiger partial charge is 0.407 e. The topological polar surface area (TPSA) is 104 Å². The molecule has 4 aromatic rings. The number of carboxylic acid groups (broad SMARTS) is 1. The summed E-state index contributed by atoms with van der Waals surface area (Å²) in [5, 5.41) is 10.2. The van der Waals surface area contributed by atoms with Crippen molar-refractivity contribution in [3.63, 3.8) is 0 Å². The van der Waals surface area contributed by atoms with Crippen molar-refractivity contribution < 1.29 is 14.3 Å². The van der Waals surface area contributed by atoms with Gasteiger partial charge in [-0.2, -0.15) is 4.98 Å². The van der Waals surface area contributed by atoms with E-state index in [2.05, 4.69) is 9.97 Å². The number of aryl methyl sites for hydroxylation is 2. The van der Waals surface area contributed by atoms with E-state index in [1.165, 1.54) is 9.47 Å². The number of amides is 1. The number of hydrogen-bond acceptors (Lipinski definition) is 6. The number of nitrogens with zero attached hydrogens (tertiary/aromatic N) is 6. The molecule has 4 heterocycles. The number of hydrogen-bond donors (Lipinski definition) is 1. The SMILES string of the molecule is Cc1cccc(-c2nc3c(cc2Cl)c(N2CCN(C(=O)O)CC2C)nc(=O)n3-c2c(C)ccnc2C(C)C)c1F. The Morgan fingerprint density at radius 3 is 2.58 bits per heavy atom. The predicted octanol–water partition coefficient (Wildman–Crippen LogP) is 5.56. The second-order valence-corrected chi connectivity index (χ2v) is 10.9. The van der Waals surface area contributed by atoms with Gasteiger partial charge in [0, 0.05) is 37.4 Å². The maximum Gasteiger partial charge on any atom is 0.407 e. The highest BCUT2D eigenvalue weighted by Crippen LogP contribution is 2.36. The number of benzene rings is 1. The van der Waals surface area contributed by atoms with Gasteiger partial charge in [0.1, 0.15) is 11.6 Å². The molecule has 1 fully saturated rings. The van der Waals surface area contributed by atoms with Crippen LogP contribution in [0, 0.1) is 19.7 Å². The summed E-state index contributed by atoms with van der Waals surface area (Å²) in [7, 11) is 0. The molecular formula is C29H30ClFN6O3. The Labute approximate surface area is 235 Å². The van der Waals surface area contributed by atoms with Gasteiger partial charge in [-0.15, -0.1) is 0 Å². The fraction of sp³-hybridized carbons (Fsp3) is 0.345. The largest absolute Gasteiger partial charge is 0.465 e. The molecule has 1 unspecified atom stereocenters. The Morgan fingerprint density at radius 1 is 1.15 bits per heavy atom. The van der Waals surface area contributed by atoms with Gasteiger partial charge in [-0.1, -0.05) is 37.6 Å². The number of pyridine rings is 2.